The van der Waals surface area contributed by atoms with Gasteiger partial charge in [-0.2, -0.15) is 0 Å². The van der Waals surface area contributed by atoms with Crippen molar-refractivity contribution in [1.29, 1.82) is 0 Å². The summed E-state index contributed by atoms with van der Waals surface area (Å²) in [5, 5.41) is 12.0. The van der Waals surface area contributed by atoms with E-state index in [9.17, 15) is 9.59 Å². The zero-order chi connectivity index (χ0) is 12.3. The Morgan fingerprint density at radius 2 is 2.00 bits per heavy atom. The highest BCUT2D eigenvalue weighted by atomic mass is 16.4. The van der Waals surface area contributed by atoms with Gasteiger partial charge in [-0.05, 0) is 38.1 Å². The van der Waals surface area contributed by atoms with Gasteiger partial charge in [0.15, 0.2) is 0 Å². The van der Waals surface area contributed by atoms with Crippen molar-refractivity contribution in [1.82, 2.24) is 10.2 Å². The Hall–Kier alpha value is -1.10. The molecule has 5 heteroatoms. The first-order chi connectivity index (χ1) is 8.16. The zero-order valence-corrected chi connectivity index (χ0v) is 10.0. The van der Waals surface area contributed by atoms with Gasteiger partial charge < -0.3 is 15.3 Å². The summed E-state index contributed by atoms with van der Waals surface area (Å²) in [5.41, 5.74) is 0. The number of aliphatic carboxylic acids is 1. The Balaban J connectivity index is 1.91. The second-order valence-electron chi connectivity index (χ2n) is 5.06. The summed E-state index contributed by atoms with van der Waals surface area (Å²) in [4.78, 5) is 24.5. The van der Waals surface area contributed by atoms with Crippen LogP contribution in [0, 0.1) is 5.92 Å². The Bertz CT molecular complexity index is 296. The molecule has 2 rings (SSSR count). The maximum atomic E-state index is 12.2. The number of amides is 1. The summed E-state index contributed by atoms with van der Waals surface area (Å²) in [6.07, 6.45) is 5.24. The molecule has 0 aromatic carbocycles. The van der Waals surface area contributed by atoms with Crippen LogP contribution in [-0.2, 0) is 9.59 Å². The van der Waals surface area contributed by atoms with E-state index in [2.05, 4.69) is 5.32 Å². The summed E-state index contributed by atoms with van der Waals surface area (Å²) < 4.78 is 0. The molecule has 1 aliphatic carbocycles. The van der Waals surface area contributed by atoms with Crippen molar-refractivity contribution in [3.63, 3.8) is 0 Å². The molecule has 2 aliphatic rings. The van der Waals surface area contributed by atoms with Gasteiger partial charge in [0.05, 0.1) is 6.04 Å². The second kappa shape index (κ2) is 5.49. The molecule has 0 bridgehead atoms. The van der Waals surface area contributed by atoms with Gasteiger partial charge in [-0.3, -0.25) is 9.59 Å². The summed E-state index contributed by atoms with van der Waals surface area (Å²) in [7, 11) is 0. The van der Waals surface area contributed by atoms with E-state index in [0.29, 0.717) is 12.5 Å². The van der Waals surface area contributed by atoms with Crippen molar-refractivity contribution in [2.75, 3.05) is 19.6 Å². The van der Waals surface area contributed by atoms with Crippen LogP contribution in [0.3, 0.4) is 0 Å². The van der Waals surface area contributed by atoms with Gasteiger partial charge in [-0.25, -0.2) is 0 Å². The lowest BCUT2D eigenvalue weighted by Crippen LogP contribution is -2.50. The van der Waals surface area contributed by atoms with Crippen molar-refractivity contribution in [2.24, 2.45) is 5.92 Å². The van der Waals surface area contributed by atoms with Gasteiger partial charge >= 0.3 is 5.97 Å². The van der Waals surface area contributed by atoms with Crippen LogP contribution in [0.4, 0.5) is 0 Å². The molecule has 2 fully saturated rings. The van der Waals surface area contributed by atoms with E-state index >= 15 is 0 Å². The van der Waals surface area contributed by atoms with Crippen molar-refractivity contribution < 1.29 is 14.7 Å². The third kappa shape index (κ3) is 3.70. The molecule has 1 amide bonds. The predicted octanol–water partition coefficient (Wildman–Crippen LogP) is 0.452. The molecule has 5 nitrogen and oxygen atoms in total. The first kappa shape index (κ1) is 12.4. The Morgan fingerprint density at radius 1 is 1.24 bits per heavy atom. The summed E-state index contributed by atoms with van der Waals surface area (Å²) in [6.45, 7) is 1.32. The number of nitrogens with one attached hydrogen (secondary N) is 1. The van der Waals surface area contributed by atoms with Crippen LogP contribution in [0.5, 0.6) is 0 Å². The topological polar surface area (TPSA) is 69.6 Å². The lowest BCUT2D eigenvalue weighted by atomic mass is 10.0. The highest BCUT2D eigenvalue weighted by Crippen LogP contribution is 2.30. The van der Waals surface area contributed by atoms with Crippen molar-refractivity contribution in [3.8, 4) is 0 Å². The number of carboxylic acid groups (broad SMARTS) is 1. The summed E-state index contributed by atoms with van der Waals surface area (Å²) >= 11 is 0. The number of hydrogen-bond acceptors (Lipinski definition) is 3. The number of rotatable bonds is 5. The van der Waals surface area contributed by atoms with Crippen molar-refractivity contribution in [2.45, 2.75) is 38.1 Å². The van der Waals surface area contributed by atoms with E-state index in [0.717, 1.165) is 38.6 Å². The molecule has 1 heterocycles. The predicted molar refractivity (Wildman–Crippen MR) is 62.6 cm³/mol. The van der Waals surface area contributed by atoms with Crippen LogP contribution < -0.4 is 5.32 Å². The minimum Gasteiger partial charge on any atom is -0.480 e. The van der Waals surface area contributed by atoms with Crippen LogP contribution in [-0.4, -0.2) is 47.6 Å². The lowest BCUT2D eigenvalue weighted by Gasteiger charge is -2.29. The minimum atomic E-state index is -0.921. The average Bonchev–Trinajstić information content (AvgIpc) is 3.12. The van der Waals surface area contributed by atoms with Gasteiger partial charge in [0.1, 0.15) is 6.54 Å². The summed E-state index contributed by atoms with van der Waals surface area (Å²) in [5.74, 6) is -0.421. The smallest absolute Gasteiger partial charge is 0.323 e. The van der Waals surface area contributed by atoms with Gasteiger partial charge in [0.25, 0.3) is 0 Å². The Labute approximate surface area is 101 Å². The number of hydrogen-bond donors (Lipinski definition) is 2. The average molecular weight is 240 g/mol. The zero-order valence-electron chi connectivity index (χ0n) is 10.0. The van der Waals surface area contributed by atoms with E-state index in [-0.39, 0.29) is 18.5 Å². The molecule has 1 saturated carbocycles. The van der Waals surface area contributed by atoms with Crippen LogP contribution in [0.25, 0.3) is 0 Å². The standard InChI is InChI=1S/C12H20N2O3/c15-11(16)8-14(7-9-4-5-9)12(17)10-3-1-2-6-13-10/h9-10,13H,1-8H2,(H,15,16). The molecular formula is C12H20N2O3. The van der Waals surface area contributed by atoms with Gasteiger partial charge in [0, 0.05) is 6.54 Å². The molecule has 0 aromatic rings. The van der Waals surface area contributed by atoms with Gasteiger partial charge in [-0.1, -0.05) is 6.42 Å². The number of nitrogens with zero attached hydrogens (tertiary/aromatic N) is 1. The maximum absolute atomic E-state index is 12.2. The lowest BCUT2D eigenvalue weighted by molar-refractivity contribution is -0.145. The number of carboxylic acids is 1. The van der Waals surface area contributed by atoms with E-state index < -0.39 is 5.97 Å². The van der Waals surface area contributed by atoms with E-state index in [4.69, 9.17) is 5.11 Å². The Kier molecular flexibility index (Phi) is 3.99. The SMILES string of the molecule is O=C(O)CN(CC1CC1)C(=O)C1CCCCN1. The molecule has 1 saturated heterocycles. The highest BCUT2D eigenvalue weighted by Gasteiger charge is 2.31. The molecule has 1 unspecified atom stereocenters. The molecule has 1 aliphatic heterocycles. The number of carbonyl (C=O) groups is 2. The normalized spacial score (nSPS) is 24.4. The van der Waals surface area contributed by atoms with Crippen molar-refractivity contribution in [3.05, 3.63) is 0 Å². The fourth-order valence-corrected chi connectivity index (χ4v) is 2.29. The van der Waals surface area contributed by atoms with E-state index in [1.807, 2.05) is 0 Å². The van der Waals surface area contributed by atoms with Crippen LogP contribution in [0.15, 0.2) is 0 Å². The first-order valence-electron chi connectivity index (χ1n) is 6.41. The van der Waals surface area contributed by atoms with Crippen LogP contribution in [0.1, 0.15) is 32.1 Å². The van der Waals surface area contributed by atoms with Crippen LogP contribution in [0.2, 0.25) is 0 Å². The Morgan fingerprint density at radius 3 is 2.53 bits per heavy atom. The number of piperidine rings is 1. The monoisotopic (exact) mass is 240 g/mol. The molecule has 0 radical (unpaired) electrons. The molecule has 17 heavy (non-hydrogen) atoms. The molecule has 1 atom stereocenters. The molecule has 2 N–H and O–H groups in total. The largest absolute Gasteiger partial charge is 0.480 e. The maximum Gasteiger partial charge on any atom is 0.323 e. The fourth-order valence-electron chi connectivity index (χ4n) is 2.29. The van der Waals surface area contributed by atoms with Gasteiger partial charge in [0.2, 0.25) is 5.91 Å². The molecule has 96 valence electrons. The quantitative estimate of drug-likeness (QED) is 0.732. The minimum absolute atomic E-state index is 0.0287. The first-order valence-corrected chi connectivity index (χ1v) is 6.41. The molecule has 0 spiro atoms. The molecule has 0 aromatic heterocycles. The van der Waals surface area contributed by atoms with E-state index in [1.165, 1.54) is 4.90 Å². The second-order valence-corrected chi connectivity index (χ2v) is 5.06. The molecular weight excluding hydrogens is 220 g/mol. The van der Waals surface area contributed by atoms with E-state index in [1.54, 1.807) is 0 Å². The number of carbonyl (C=O) groups excluding carboxylic acids is 1. The fraction of sp³-hybridized carbons (Fsp3) is 0.833. The third-order valence-electron chi connectivity index (χ3n) is 3.42. The highest BCUT2D eigenvalue weighted by molar-refractivity contribution is 5.85. The van der Waals surface area contributed by atoms with Crippen molar-refractivity contribution >= 4 is 11.9 Å². The van der Waals surface area contributed by atoms with Gasteiger partial charge in [-0.15, -0.1) is 0 Å². The summed E-state index contributed by atoms with van der Waals surface area (Å²) in [6, 6.07) is -0.165. The van der Waals surface area contributed by atoms with Crippen LogP contribution >= 0.6 is 0 Å². The third-order valence-corrected chi connectivity index (χ3v) is 3.42.